The SMILES string of the molecule is COc1ccc(-c2[nH][nH]c(=O)c2-c2oc(C)cc(=O)c2O)cc1. The van der Waals surface area contributed by atoms with E-state index in [9.17, 15) is 14.7 Å². The minimum Gasteiger partial charge on any atom is -0.502 e. The van der Waals surface area contributed by atoms with Crippen molar-refractivity contribution in [2.75, 3.05) is 7.11 Å². The van der Waals surface area contributed by atoms with E-state index in [-0.39, 0.29) is 11.3 Å². The molecule has 0 radical (unpaired) electrons. The third kappa shape index (κ3) is 2.52. The number of methoxy groups -OCH3 is 1. The Morgan fingerprint density at radius 1 is 1.13 bits per heavy atom. The van der Waals surface area contributed by atoms with Gasteiger partial charge in [0.1, 0.15) is 17.1 Å². The van der Waals surface area contributed by atoms with Crippen molar-refractivity contribution in [1.29, 1.82) is 0 Å². The van der Waals surface area contributed by atoms with Crippen molar-refractivity contribution in [3.05, 3.63) is 56.7 Å². The predicted molar refractivity (Wildman–Crippen MR) is 83.8 cm³/mol. The molecule has 0 amide bonds. The summed E-state index contributed by atoms with van der Waals surface area (Å²) in [5, 5.41) is 15.2. The standard InChI is InChI=1S/C16H14N2O5/c1-8-7-11(19)14(20)15(23-8)12-13(17-18-16(12)21)9-3-5-10(22-2)6-4-9/h3-7,20H,1-2H3,(H2,17,18,21). The van der Waals surface area contributed by atoms with Gasteiger partial charge in [0.25, 0.3) is 5.56 Å². The number of aromatic amines is 2. The van der Waals surface area contributed by atoms with Gasteiger partial charge in [-0.15, -0.1) is 0 Å². The molecular formula is C16H14N2O5. The summed E-state index contributed by atoms with van der Waals surface area (Å²) in [6, 6.07) is 8.11. The molecule has 2 aromatic heterocycles. The minimum atomic E-state index is -0.606. The third-order valence-corrected chi connectivity index (χ3v) is 3.43. The quantitative estimate of drug-likeness (QED) is 0.685. The van der Waals surface area contributed by atoms with E-state index >= 15 is 0 Å². The maximum atomic E-state index is 12.1. The number of hydrogen-bond acceptors (Lipinski definition) is 5. The zero-order valence-corrected chi connectivity index (χ0v) is 12.5. The van der Waals surface area contributed by atoms with Crippen LogP contribution >= 0.6 is 0 Å². The van der Waals surface area contributed by atoms with Crippen LogP contribution in [0.2, 0.25) is 0 Å². The molecule has 0 aliphatic carbocycles. The van der Waals surface area contributed by atoms with Crippen LogP contribution in [0.1, 0.15) is 5.76 Å². The largest absolute Gasteiger partial charge is 0.502 e. The van der Waals surface area contributed by atoms with E-state index < -0.39 is 16.7 Å². The fraction of sp³-hybridized carbons (Fsp3) is 0.125. The van der Waals surface area contributed by atoms with Crippen molar-refractivity contribution < 1.29 is 14.3 Å². The molecule has 23 heavy (non-hydrogen) atoms. The molecule has 3 aromatic rings. The minimum absolute atomic E-state index is 0.0634. The summed E-state index contributed by atoms with van der Waals surface area (Å²) >= 11 is 0. The van der Waals surface area contributed by atoms with Gasteiger partial charge in [0.15, 0.2) is 5.76 Å². The topological polar surface area (TPSA) is 108 Å². The van der Waals surface area contributed by atoms with Crippen molar-refractivity contribution in [2.45, 2.75) is 6.92 Å². The normalized spacial score (nSPS) is 10.7. The Labute approximate surface area is 130 Å². The molecule has 3 rings (SSSR count). The van der Waals surface area contributed by atoms with Crippen LogP contribution < -0.4 is 15.7 Å². The summed E-state index contributed by atoms with van der Waals surface area (Å²) in [6.45, 7) is 1.57. The van der Waals surface area contributed by atoms with Crippen LogP contribution in [-0.2, 0) is 0 Å². The van der Waals surface area contributed by atoms with Crippen molar-refractivity contribution in [3.63, 3.8) is 0 Å². The monoisotopic (exact) mass is 314 g/mol. The molecule has 3 N–H and O–H groups in total. The highest BCUT2D eigenvalue weighted by Gasteiger charge is 2.21. The predicted octanol–water partition coefficient (Wildman–Crippen LogP) is 2.01. The van der Waals surface area contributed by atoms with Gasteiger partial charge in [-0.1, -0.05) is 0 Å². The van der Waals surface area contributed by atoms with Crippen LogP contribution in [0.15, 0.2) is 44.3 Å². The first-order valence-electron chi connectivity index (χ1n) is 6.80. The molecule has 0 saturated carbocycles. The van der Waals surface area contributed by atoms with E-state index in [1.807, 2.05) is 0 Å². The second-order valence-corrected chi connectivity index (χ2v) is 4.96. The molecular weight excluding hydrogens is 300 g/mol. The first-order chi connectivity index (χ1) is 11.0. The molecule has 0 atom stereocenters. The van der Waals surface area contributed by atoms with E-state index in [0.717, 1.165) is 6.07 Å². The maximum Gasteiger partial charge on any atom is 0.275 e. The summed E-state index contributed by atoms with van der Waals surface area (Å²) in [5.74, 6) is 0.195. The number of hydrogen-bond donors (Lipinski definition) is 3. The van der Waals surface area contributed by atoms with Crippen LogP contribution in [0, 0.1) is 6.92 Å². The Balaban J connectivity index is 2.24. The van der Waals surface area contributed by atoms with Gasteiger partial charge < -0.3 is 14.3 Å². The molecule has 2 heterocycles. The molecule has 1 aromatic carbocycles. The average molecular weight is 314 g/mol. The number of ether oxygens (including phenoxy) is 1. The highest BCUT2D eigenvalue weighted by atomic mass is 16.5. The molecule has 118 valence electrons. The second kappa shape index (κ2) is 5.53. The van der Waals surface area contributed by atoms with Crippen LogP contribution in [0.25, 0.3) is 22.6 Å². The molecule has 0 aliphatic rings. The van der Waals surface area contributed by atoms with E-state index in [0.29, 0.717) is 22.8 Å². The molecule has 0 unspecified atom stereocenters. The van der Waals surface area contributed by atoms with E-state index in [2.05, 4.69) is 10.2 Å². The number of aryl methyl sites for hydroxylation is 1. The van der Waals surface area contributed by atoms with Gasteiger partial charge in [-0.05, 0) is 31.2 Å². The fourth-order valence-corrected chi connectivity index (χ4v) is 2.32. The van der Waals surface area contributed by atoms with Crippen molar-refractivity contribution in [1.82, 2.24) is 10.2 Å². The smallest absolute Gasteiger partial charge is 0.275 e. The van der Waals surface area contributed by atoms with Gasteiger partial charge in [0.05, 0.1) is 12.8 Å². The number of H-pyrrole nitrogens is 2. The van der Waals surface area contributed by atoms with Crippen molar-refractivity contribution in [3.8, 4) is 34.1 Å². The summed E-state index contributed by atoms with van der Waals surface area (Å²) < 4.78 is 10.5. The highest BCUT2D eigenvalue weighted by Crippen LogP contribution is 2.32. The van der Waals surface area contributed by atoms with Gasteiger partial charge in [-0.25, -0.2) is 0 Å². The van der Waals surface area contributed by atoms with Gasteiger partial charge in [0, 0.05) is 11.6 Å². The number of rotatable bonds is 3. The highest BCUT2D eigenvalue weighted by molar-refractivity contribution is 5.80. The second-order valence-electron chi connectivity index (χ2n) is 4.96. The van der Waals surface area contributed by atoms with E-state index in [1.54, 1.807) is 38.3 Å². The van der Waals surface area contributed by atoms with Crippen molar-refractivity contribution >= 4 is 0 Å². The number of aromatic nitrogens is 2. The van der Waals surface area contributed by atoms with Crippen LogP contribution in [-0.4, -0.2) is 22.4 Å². The fourth-order valence-electron chi connectivity index (χ4n) is 2.32. The van der Waals surface area contributed by atoms with Crippen LogP contribution in [0.3, 0.4) is 0 Å². The Hall–Kier alpha value is -3.22. The van der Waals surface area contributed by atoms with E-state index in [1.165, 1.54) is 0 Å². The first-order valence-corrected chi connectivity index (χ1v) is 6.80. The Morgan fingerprint density at radius 3 is 2.48 bits per heavy atom. The van der Waals surface area contributed by atoms with Gasteiger partial charge in [-0.2, -0.15) is 0 Å². The number of aromatic hydroxyl groups is 1. The summed E-state index contributed by atoms with van der Waals surface area (Å²) in [7, 11) is 1.55. The lowest BCUT2D eigenvalue weighted by Gasteiger charge is -2.06. The van der Waals surface area contributed by atoms with Crippen molar-refractivity contribution in [2.24, 2.45) is 0 Å². The zero-order valence-electron chi connectivity index (χ0n) is 12.5. The molecule has 0 spiro atoms. The molecule has 0 saturated heterocycles. The zero-order chi connectivity index (χ0) is 16.6. The summed E-state index contributed by atoms with van der Waals surface area (Å²) in [6.07, 6.45) is 0. The third-order valence-electron chi connectivity index (χ3n) is 3.43. The summed E-state index contributed by atoms with van der Waals surface area (Å²) in [5.41, 5.74) is 0.0303. The van der Waals surface area contributed by atoms with E-state index in [4.69, 9.17) is 9.15 Å². The van der Waals surface area contributed by atoms with Crippen LogP contribution in [0.4, 0.5) is 0 Å². The van der Waals surface area contributed by atoms with Gasteiger partial charge in [-0.3, -0.25) is 19.8 Å². The number of benzene rings is 1. The Morgan fingerprint density at radius 2 is 1.83 bits per heavy atom. The molecule has 7 heteroatoms. The summed E-state index contributed by atoms with van der Waals surface area (Å²) in [4.78, 5) is 23.9. The lowest BCUT2D eigenvalue weighted by atomic mass is 10.1. The van der Waals surface area contributed by atoms with Gasteiger partial charge in [0.2, 0.25) is 11.2 Å². The number of nitrogens with one attached hydrogen (secondary N) is 2. The molecule has 0 fully saturated rings. The molecule has 0 bridgehead atoms. The average Bonchev–Trinajstić information content (AvgIpc) is 2.92. The first kappa shape index (κ1) is 14.7. The molecule has 0 aliphatic heterocycles. The lowest BCUT2D eigenvalue weighted by Crippen LogP contribution is -2.06. The lowest BCUT2D eigenvalue weighted by molar-refractivity contribution is 0.415. The Kier molecular flexibility index (Phi) is 3.53. The van der Waals surface area contributed by atoms with Gasteiger partial charge >= 0.3 is 0 Å². The maximum absolute atomic E-state index is 12.1. The Bertz CT molecular complexity index is 963. The van der Waals surface area contributed by atoms with Crippen LogP contribution in [0.5, 0.6) is 11.5 Å². The molecule has 7 nitrogen and oxygen atoms in total.